The third-order valence-electron chi connectivity index (χ3n) is 6.26. The summed E-state index contributed by atoms with van der Waals surface area (Å²) in [6.07, 6.45) is 37.8. The lowest BCUT2D eigenvalue weighted by atomic mass is 9.91. The summed E-state index contributed by atoms with van der Waals surface area (Å²) >= 11 is 0. The predicted octanol–water partition coefficient (Wildman–Crippen LogP) is 7.61. The lowest BCUT2D eigenvalue weighted by Crippen LogP contribution is -2.43. The maximum atomic E-state index is 12.3. The molecule has 0 saturated heterocycles. The number of aliphatic imine (C=N–C) groups is 1. The van der Waals surface area contributed by atoms with Gasteiger partial charge >= 0.3 is 0 Å². The van der Waals surface area contributed by atoms with Crippen LogP contribution >= 0.6 is 0 Å². The van der Waals surface area contributed by atoms with Crippen LogP contribution in [0, 0.1) is 0 Å². The molecule has 1 saturated carbocycles. The number of nitrogens with one attached hydrogen (secondary N) is 2. The van der Waals surface area contributed by atoms with Gasteiger partial charge in [0.05, 0.1) is 0 Å². The van der Waals surface area contributed by atoms with Crippen molar-refractivity contribution in [2.75, 3.05) is 0 Å². The van der Waals surface area contributed by atoms with Gasteiger partial charge in [-0.2, -0.15) is 0 Å². The highest BCUT2D eigenvalue weighted by Gasteiger charge is 2.23. The van der Waals surface area contributed by atoms with Gasteiger partial charge < -0.3 is 10.6 Å². The van der Waals surface area contributed by atoms with E-state index in [4.69, 9.17) is 0 Å². The van der Waals surface area contributed by atoms with Gasteiger partial charge in [-0.15, -0.1) is 0 Å². The maximum absolute atomic E-state index is 12.3. The fraction of sp³-hybridized carbons (Fsp3) is 0.485. The number of carbonyl (C=O) groups excluding carboxylic acids is 2. The number of carbonyl (C=O) groups is 2. The Morgan fingerprint density at radius 1 is 0.789 bits per heavy atom. The largest absolute Gasteiger partial charge is 0.353 e. The molecule has 38 heavy (non-hydrogen) atoms. The van der Waals surface area contributed by atoms with Crippen molar-refractivity contribution in [3.63, 3.8) is 0 Å². The fourth-order valence-corrected chi connectivity index (χ4v) is 4.05. The van der Waals surface area contributed by atoms with Gasteiger partial charge in [0.15, 0.2) is 0 Å². The highest BCUT2D eigenvalue weighted by molar-refractivity contribution is 5.93. The van der Waals surface area contributed by atoms with Crippen molar-refractivity contribution >= 4 is 18.5 Å². The molecule has 1 aliphatic rings. The number of unbranched alkanes of at least 4 members (excludes halogenated alkanes) is 1. The van der Waals surface area contributed by atoms with Gasteiger partial charge in [0, 0.05) is 30.3 Å². The number of hydrogen-bond donors (Lipinski definition) is 2. The van der Waals surface area contributed by atoms with Gasteiger partial charge in [0.2, 0.25) is 11.8 Å². The van der Waals surface area contributed by atoms with Crippen LogP contribution in [0.3, 0.4) is 0 Å². The molecule has 0 aliphatic heterocycles. The first-order valence-electron chi connectivity index (χ1n) is 14.2. The first kappa shape index (κ1) is 32.8. The molecule has 0 aromatic carbocycles. The molecule has 2 N–H and O–H groups in total. The van der Waals surface area contributed by atoms with Crippen LogP contribution < -0.4 is 10.6 Å². The van der Waals surface area contributed by atoms with Crippen molar-refractivity contribution in [1.29, 1.82) is 0 Å². The molecule has 0 radical (unpaired) electrons. The average Bonchev–Trinajstić information content (AvgIpc) is 2.91. The monoisotopic (exact) mass is 519 g/mol. The molecule has 1 aliphatic carbocycles. The zero-order valence-electron chi connectivity index (χ0n) is 23.6. The second-order valence-electron chi connectivity index (χ2n) is 9.56. The highest BCUT2D eigenvalue weighted by Crippen LogP contribution is 2.19. The molecule has 0 aromatic heterocycles. The van der Waals surface area contributed by atoms with Crippen LogP contribution in [0.2, 0.25) is 0 Å². The average molecular weight is 520 g/mol. The van der Waals surface area contributed by atoms with Crippen LogP contribution in [-0.2, 0) is 9.59 Å². The molecule has 0 heterocycles. The van der Waals surface area contributed by atoms with Crippen LogP contribution in [0.15, 0.2) is 89.7 Å². The van der Waals surface area contributed by atoms with Crippen molar-refractivity contribution in [1.82, 2.24) is 10.6 Å². The summed E-state index contributed by atoms with van der Waals surface area (Å²) < 4.78 is 0. The summed E-state index contributed by atoms with van der Waals surface area (Å²) in [6, 6.07) is 0.374. The third kappa shape index (κ3) is 18.1. The Bertz CT molecular complexity index is 882. The van der Waals surface area contributed by atoms with Crippen molar-refractivity contribution < 1.29 is 9.59 Å². The summed E-state index contributed by atoms with van der Waals surface area (Å²) in [5.74, 6) is 0.0764. The molecule has 5 nitrogen and oxygen atoms in total. The smallest absolute Gasteiger partial charge is 0.247 e. The van der Waals surface area contributed by atoms with Crippen LogP contribution in [-0.4, -0.2) is 30.6 Å². The molecular formula is C33H49N3O2. The second-order valence-corrected chi connectivity index (χ2v) is 9.56. The van der Waals surface area contributed by atoms with E-state index in [1.165, 1.54) is 0 Å². The number of hydrogen-bond acceptors (Lipinski definition) is 3. The zero-order valence-corrected chi connectivity index (χ0v) is 23.6. The number of allylic oxidation sites excluding steroid dienone is 12. The Labute approximate surface area is 231 Å². The van der Waals surface area contributed by atoms with Crippen LogP contribution in [0.1, 0.15) is 90.9 Å². The standard InChI is InChI=1S/C33H49N3O2/c1-4-5-6-7-8-9-10-11-12-13-14-15-16-17-18-19-20-23-32(37)35-30-24-26-31(27-25-30)36-33(38)29(2)22-21-28-34-3/h5-6,8-9,11-12,14-15,17-18,21-22,28,30-31H,3-4,7,10,13,16,19-20,23-27H2,1-2H3,(H,35,37)(H,36,38)/b6-5-,9-8-,12-11-,15-14-,18-17-,28-21-,29-22+. The van der Waals surface area contributed by atoms with E-state index in [1.54, 1.807) is 25.3 Å². The van der Waals surface area contributed by atoms with Gasteiger partial charge in [-0.3, -0.25) is 14.6 Å². The van der Waals surface area contributed by atoms with Crippen molar-refractivity contribution in [2.45, 2.75) is 103 Å². The lowest BCUT2D eigenvalue weighted by Gasteiger charge is -2.29. The van der Waals surface area contributed by atoms with E-state index in [0.717, 1.165) is 70.6 Å². The van der Waals surface area contributed by atoms with Crippen molar-refractivity contribution in [2.24, 2.45) is 4.99 Å². The fourth-order valence-electron chi connectivity index (χ4n) is 4.05. The Balaban J connectivity index is 2.07. The van der Waals surface area contributed by atoms with E-state index in [9.17, 15) is 9.59 Å². The van der Waals surface area contributed by atoms with Crippen molar-refractivity contribution in [3.05, 3.63) is 84.7 Å². The Kier molecular flexibility index (Phi) is 19.8. The second kappa shape index (κ2) is 22.9. The Morgan fingerprint density at radius 3 is 1.82 bits per heavy atom. The minimum absolute atomic E-state index is 0.0544. The summed E-state index contributed by atoms with van der Waals surface area (Å²) in [5.41, 5.74) is 0.646. The summed E-state index contributed by atoms with van der Waals surface area (Å²) in [5, 5.41) is 6.25. The first-order chi connectivity index (χ1) is 18.6. The SMILES string of the molecule is C=N/C=C\C=C(/C)C(=O)NC1CCC(NC(=O)CCC/C=C\C/C=C\C/C=C\C/C=C\C/C=C\CC)CC1. The molecule has 1 rings (SSSR count). The van der Waals surface area contributed by atoms with E-state index < -0.39 is 0 Å². The topological polar surface area (TPSA) is 70.6 Å². The molecular weight excluding hydrogens is 470 g/mol. The minimum atomic E-state index is -0.0544. The minimum Gasteiger partial charge on any atom is -0.353 e. The van der Waals surface area contributed by atoms with E-state index >= 15 is 0 Å². The molecule has 5 heteroatoms. The summed E-state index contributed by atoms with van der Waals surface area (Å²) in [6.45, 7) is 7.31. The van der Waals surface area contributed by atoms with Crippen molar-refractivity contribution in [3.8, 4) is 0 Å². The quantitative estimate of drug-likeness (QED) is 0.0643. The van der Waals surface area contributed by atoms with E-state index in [-0.39, 0.29) is 23.9 Å². The van der Waals surface area contributed by atoms with Crippen LogP contribution in [0.4, 0.5) is 0 Å². The normalized spacial score (nSPS) is 19.1. The van der Waals surface area contributed by atoms with Gasteiger partial charge in [0.25, 0.3) is 0 Å². The first-order valence-corrected chi connectivity index (χ1v) is 14.2. The van der Waals surface area contributed by atoms with Gasteiger partial charge in [0.1, 0.15) is 0 Å². The van der Waals surface area contributed by atoms with E-state index in [1.807, 2.05) is 0 Å². The molecule has 208 valence electrons. The molecule has 1 fully saturated rings. The summed E-state index contributed by atoms with van der Waals surface area (Å²) in [7, 11) is 0. The van der Waals surface area contributed by atoms with Crippen LogP contribution in [0.5, 0.6) is 0 Å². The highest BCUT2D eigenvalue weighted by atomic mass is 16.2. The number of amides is 2. The van der Waals surface area contributed by atoms with Gasteiger partial charge in [-0.1, -0.05) is 73.8 Å². The van der Waals surface area contributed by atoms with E-state index in [2.05, 4.69) is 90.0 Å². The number of rotatable bonds is 18. The molecule has 0 atom stereocenters. The van der Waals surface area contributed by atoms with Crippen LogP contribution in [0.25, 0.3) is 0 Å². The van der Waals surface area contributed by atoms with Gasteiger partial charge in [-0.25, -0.2) is 0 Å². The van der Waals surface area contributed by atoms with E-state index in [0.29, 0.717) is 12.0 Å². The number of nitrogens with zero attached hydrogens (tertiary/aromatic N) is 1. The lowest BCUT2D eigenvalue weighted by molar-refractivity contribution is -0.122. The Morgan fingerprint density at radius 2 is 1.29 bits per heavy atom. The molecule has 0 unspecified atom stereocenters. The zero-order chi connectivity index (χ0) is 27.7. The molecule has 2 amide bonds. The molecule has 0 spiro atoms. The Hall–Kier alpha value is -3.21. The summed E-state index contributed by atoms with van der Waals surface area (Å²) in [4.78, 5) is 28.2. The predicted molar refractivity (Wildman–Crippen MR) is 163 cm³/mol. The van der Waals surface area contributed by atoms with Gasteiger partial charge in [-0.05, 0) is 90.3 Å². The maximum Gasteiger partial charge on any atom is 0.247 e. The molecule has 0 aromatic rings. The molecule has 0 bridgehead atoms. The third-order valence-corrected chi connectivity index (χ3v) is 6.26.